The van der Waals surface area contributed by atoms with Crippen LogP contribution in [0.2, 0.25) is 0 Å². The van der Waals surface area contributed by atoms with Crippen LogP contribution in [0.3, 0.4) is 0 Å². The molecule has 0 amide bonds. The van der Waals surface area contributed by atoms with Crippen LogP contribution in [0, 0.1) is 0 Å². The van der Waals surface area contributed by atoms with Crippen LogP contribution in [-0.2, 0) is 6.42 Å². The number of anilines is 1. The maximum Gasteiger partial charge on any atom is 0.456 e. The van der Waals surface area contributed by atoms with Crippen LogP contribution in [0.4, 0.5) is 27.1 Å². The Kier molecular flexibility index (Phi) is 3.28. The van der Waals surface area contributed by atoms with E-state index in [9.17, 15) is 22.0 Å². The number of nitrogens with two attached hydrogens (primary N) is 1. The summed E-state index contributed by atoms with van der Waals surface area (Å²) in [6.07, 6.45) is -5.12. The zero-order chi connectivity index (χ0) is 16.1. The molecule has 0 saturated carbocycles. The van der Waals surface area contributed by atoms with Gasteiger partial charge >= 0.3 is 12.1 Å². The van der Waals surface area contributed by atoms with E-state index in [4.69, 9.17) is 5.73 Å². The van der Waals surface area contributed by atoms with Crippen molar-refractivity contribution in [3.63, 3.8) is 0 Å². The molecule has 22 heavy (non-hydrogen) atoms. The highest BCUT2D eigenvalue weighted by Gasteiger charge is 2.58. The fourth-order valence-electron chi connectivity index (χ4n) is 2.17. The van der Waals surface area contributed by atoms with Crippen molar-refractivity contribution in [2.45, 2.75) is 18.5 Å². The van der Waals surface area contributed by atoms with Crippen LogP contribution in [0.15, 0.2) is 18.2 Å². The number of ether oxygens (including phenoxy) is 1. The highest BCUT2D eigenvalue weighted by atomic mass is 32.1. The first-order valence-electron chi connectivity index (χ1n) is 6.13. The zero-order valence-corrected chi connectivity index (χ0v) is 11.7. The molecular formula is C13H9F5N2OS. The lowest BCUT2D eigenvalue weighted by Crippen LogP contribution is -2.41. The van der Waals surface area contributed by atoms with Crippen LogP contribution < -0.4 is 10.5 Å². The van der Waals surface area contributed by atoms with E-state index in [0.717, 1.165) is 21.7 Å². The van der Waals surface area contributed by atoms with E-state index in [1.54, 1.807) is 6.07 Å². The Bertz CT molecular complexity index is 726. The summed E-state index contributed by atoms with van der Waals surface area (Å²) in [4.78, 5) is 5.10. The molecule has 0 radical (unpaired) electrons. The molecular weight excluding hydrogens is 327 g/mol. The number of hydrogen-bond acceptors (Lipinski definition) is 4. The van der Waals surface area contributed by atoms with Gasteiger partial charge in [0.2, 0.25) is 0 Å². The minimum Gasteiger partial charge on any atom is -0.487 e. The molecule has 1 aliphatic carbocycles. The van der Waals surface area contributed by atoms with E-state index in [0.29, 0.717) is 11.6 Å². The van der Waals surface area contributed by atoms with Crippen molar-refractivity contribution >= 4 is 16.5 Å². The van der Waals surface area contributed by atoms with Crippen LogP contribution >= 0.6 is 11.3 Å². The lowest BCUT2D eigenvalue weighted by molar-refractivity contribution is -0.290. The number of fused-ring (bicyclic) bond motifs is 3. The number of nitrogens with zero attached hydrogens (tertiary/aromatic N) is 1. The number of thiazole rings is 1. The van der Waals surface area contributed by atoms with Gasteiger partial charge in [-0.2, -0.15) is 22.0 Å². The molecule has 0 saturated heterocycles. The fourth-order valence-corrected chi connectivity index (χ4v) is 3.04. The van der Waals surface area contributed by atoms with Gasteiger partial charge in [0, 0.05) is 16.9 Å². The van der Waals surface area contributed by atoms with Gasteiger partial charge in [-0.15, -0.1) is 11.3 Å². The second kappa shape index (κ2) is 4.80. The van der Waals surface area contributed by atoms with Crippen molar-refractivity contribution in [3.05, 3.63) is 28.6 Å². The number of nitrogen functional groups attached to an aromatic ring is 1. The molecule has 2 N–H and O–H groups in total. The monoisotopic (exact) mass is 336 g/mol. The minimum atomic E-state index is -5.63. The van der Waals surface area contributed by atoms with Crippen LogP contribution in [0.5, 0.6) is 5.75 Å². The van der Waals surface area contributed by atoms with Crippen molar-refractivity contribution in [2.24, 2.45) is 0 Å². The Morgan fingerprint density at radius 3 is 2.64 bits per heavy atom. The number of benzene rings is 1. The summed E-state index contributed by atoms with van der Waals surface area (Å²) in [5, 5.41) is 0.431. The molecule has 0 bridgehead atoms. The summed E-state index contributed by atoms with van der Waals surface area (Å²) in [6, 6.07) is 4.38. The van der Waals surface area contributed by atoms with Crippen molar-refractivity contribution in [1.29, 1.82) is 0 Å². The molecule has 0 aliphatic heterocycles. The van der Waals surface area contributed by atoms with E-state index in [1.165, 1.54) is 23.5 Å². The standard InChI is InChI=1S/C13H9F5N2OS/c14-12(15,13(16,17)18)5-21-7-1-2-8-6(3-7)4-9-10(8)20-11(19)22-9/h1-3H,4-5H2,(H2,19,20). The predicted octanol–water partition coefficient (Wildman–Crippen LogP) is 3.87. The first-order chi connectivity index (χ1) is 10.2. The second-order valence-corrected chi connectivity index (χ2v) is 5.93. The summed E-state index contributed by atoms with van der Waals surface area (Å²) in [5.41, 5.74) is 7.89. The van der Waals surface area contributed by atoms with Crippen molar-refractivity contribution in [1.82, 2.24) is 4.98 Å². The average molecular weight is 336 g/mol. The van der Waals surface area contributed by atoms with Crippen molar-refractivity contribution < 1.29 is 26.7 Å². The summed E-state index contributed by atoms with van der Waals surface area (Å²) in [6.45, 7) is -1.75. The Hall–Kier alpha value is -1.90. The first-order valence-corrected chi connectivity index (χ1v) is 6.95. The summed E-state index contributed by atoms with van der Waals surface area (Å²) in [7, 11) is 0. The molecule has 0 fully saturated rings. The summed E-state index contributed by atoms with van der Waals surface area (Å²) < 4.78 is 66.5. The molecule has 1 aromatic carbocycles. The Morgan fingerprint density at radius 1 is 1.23 bits per heavy atom. The van der Waals surface area contributed by atoms with Gasteiger partial charge in [0.05, 0.1) is 5.69 Å². The quantitative estimate of drug-likeness (QED) is 0.739. The van der Waals surface area contributed by atoms with Gasteiger partial charge in [-0.25, -0.2) is 4.98 Å². The van der Waals surface area contributed by atoms with Crippen LogP contribution in [0.1, 0.15) is 10.4 Å². The molecule has 0 atom stereocenters. The molecule has 3 rings (SSSR count). The van der Waals surface area contributed by atoms with Gasteiger partial charge in [0.1, 0.15) is 5.75 Å². The van der Waals surface area contributed by atoms with Gasteiger partial charge in [0.25, 0.3) is 0 Å². The predicted molar refractivity (Wildman–Crippen MR) is 71.3 cm³/mol. The Labute approximate surface area is 125 Å². The molecule has 0 unspecified atom stereocenters. The van der Waals surface area contributed by atoms with Crippen molar-refractivity contribution in [3.8, 4) is 17.0 Å². The van der Waals surface area contributed by atoms with Gasteiger partial charge in [0.15, 0.2) is 11.7 Å². The molecule has 3 nitrogen and oxygen atoms in total. The highest BCUT2D eigenvalue weighted by molar-refractivity contribution is 7.15. The lowest BCUT2D eigenvalue weighted by atomic mass is 10.1. The molecule has 118 valence electrons. The van der Waals surface area contributed by atoms with Crippen LogP contribution in [-0.4, -0.2) is 23.7 Å². The van der Waals surface area contributed by atoms with E-state index in [1.807, 2.05) is 0 Å². The average Bonchev–Trinajstić information content (AvgIpc) is 2.90. The molecule has 9 heteroatoms. The van der Waals surface area contributed by atoms with Gasteiger partial charge in [-0.1, -0.05) is 0 Å². The number of hydrogen-bond donors (Lipinski definition) is 1. The number of halogens is 5. The third kappa shape index (κ3) is 2.49. The maximum atomic E-state index is 12.8. The largest absolute Gasteiger partial charge is 0.487 e. The highest BCUT2D eigenvalue weighted by Crippen LogP contribution is 2.42. The first kappa shape index (κ1) is 15.0. The van der Waals surface area contributed by atoms with Crippen molar-refractivity contribution in [2.75, 3.05) is 12.3 Å². The van der Waals surface area contributed by atoms with Gasteiger partial charge in [-0.05, 0) is 23.8 Å². The molecule has 1 aromatic heterocycles. The van der Waals surface area contributed by atoms with Crippen LogP contribution in [0.25, 0.3) is 11.3 Å². The molecule has 1 heterocycles. The summed E-state index contributed by atoms with van der Waals surface area (Å²) in [5.74, 6) is -4.92. The van der Waals surface area contributed by atoms with Gasteiger partial charge < -0.3 is 10.5 Å². The topological polar surface area (TPSA) is 48.1 Å². The molecule has 1 aliphatic rings. The van der Waals surface area contributed by atoms with E-state index in [2.05, 4.69) is 9.72 Å². The van der Waals surface area contributed by atoms with Gasteiger partial charge in [-0.3, -0.25) is 0 Å². The SMILES string of the molecule is Nc1nc2c(s1)Cc1cc(OCC(F)(F)C(F)(F)F)ccc1-2. The minimum absolute atomic E-state index is 0.0363. The fraction of sp³-hybridized carbons (Fsp3) is 0.308. The smallest absolute Gasteiger partial charge is 0.456 e. The normalized spacial score (nSPS) is 13.9. The number of alkyl halides is 5. The number of rotatable bonds is 3. The summed E-state index contributed by atoms with van der Waals surface area (Å²) >= 11 is 1.32. The van der Waals surface area contributed by atoms with E-state index >= 15 is 0 Å². The second-order valence-electron chi connectivity index (χ2n) is 4.81. The maximum absolute atomic E-state index is 12.8. The zero-order valence-electron chi connectivity index (χ0n) is 10.9. The third-order valence-corrected chi connectivity index (χ3v) is 4.12. The Balaban J connectivity index is 1.77. The molecule has 2 aromatic rings. The Morgan fingerprint density at radius 2 is 1.95 bits per heavy atom. The van der Waals surface area contributed by atoms with E-state index in [-0.39, 0.29) is 5.75 Å². The number of aromatic nitrogens is 1. The van der Waals surface area contributed by atoms with E-state index < -0.39 is 18.7 Å². The molecule has 0 spiro atoms. The third-order valence-electron chi connectivity index (χ3n) is 3.23. The lowest BCUT2D eigenvalue weighted by Gasteiger charge is -2.20.